The van der Waals surface area contributed by atoms with E-state index in [1.807, 2.05) is 0 Å². The summed E-state index contributed by atoms with van der Waals surface area (Å²) in [4.78, 5) is 23.2. The van der Waals surface area contributed by atoms with E-state index < -0.39 is 5.63 Å². The van der Waals surface area contributed by atoms with Crippen molar-refractivity contribution in [2.24, 2.45) is 5.92 Å². The van der Waals surface area contributed by atoms with Gasteiger partial charge in [-0.25, -0.2) is 4.79 Å². The fourth-order valence-corrected chi connectivity index (χ4v) is 1.65. The molecule has 0 aromatic carbocycles. The highest BCUT2D eigenvalue weighted by atomic mass is 16.4. The Morgan fingerprint density at radius 3 is 2.65 bits per heavy atom. The highest BCUT2D eigenvalue weighted by Crippen LogP contribution is 2.17. The molecule has 0 spiro atoms. The van der Waals surface area contributed by atoms with Crippen molar-refractivity contribution in [3.8, 4) is 5.75 Å². The molecule has 0 aliphatic rings. The molecule has 1 aromatic rings. The van der Waals surface area contributed by atoms with E-state index >= 15 is 0 Å². The van der Waals surface area contributed by atoms with Gasteiger partial charge >= 0.3 is 5.63 Å². The molecule has 1 rings (SSSR count). The van der Waals surface area contributed by atoms with Crippen LogP contribution < -0.4 is 5.63 Å². The molecule has 0 radical (unpaired) electrons. The fourth-order valence-electron chi connectivity index (χ4n) is 1.65. The van der Waals surface area contributed by atoms with E-state index in [2.05, 4.69) is 13.8 Å². The number of ketones is 1. The third-order valence-electron chi connectivity index (χ3n) is 2.52. The van der Waals surface area contributed by atoms with Crippen LogP contribution in [0.2, 0.25) is 0 Å². The Hall–Kier alpha value is -1.58. The van der Waals surface area contributed by atoms with Crippen LogP contribution in [0, 0.1) is 12.8 Å². The molecule has 0 fully saturated rings. The van der Waals surface area contributed by atoms with Crippen molar-refractivity contribution in [1.82, 2.24) is 0 Å². The molecule has 94 valence electrons. The number of hydrogen-bond acceptors (Lipinski definition) is 4. The van der Waals surface area contributed by atoms with Crippen LogP contribution in [0.5, 0.6) is 5.75 Å². The van der Waals surface area contributed by atoms with Gasteiger partial charge in [0.25, 0.3) is 0 Å². The van der Waals surface area contributed by atoms with E-state index in [1.54, 1.807) is 6.92 Å². The molecule has 17 heavy (non-hydrogen) atoms. The summed E-state index contributed by atoms with van der Waals surface area (Å²) in [5.74, 6) is 0.183. The lowest BCUT2D eigenvalue weighted by atomic mass is 10.0. The van der Waals surface area contributed by atoms with Crippen LogP contribution in [0.15, 0.2) is 15.3 Å². The second-order valence-corrected chi connectivity index (χ2v) is 4.61. The summed E-state index contributed by atoms with van der Waals surface area (Å²) in [5, 5.41) is 9.57. The Labute approximate surface area is 100 Å². The molecule has 0 amide bonds. The lowest BCUT2D eigenvalue weighted by Gasteiger charge is -2.05. The van der Waals surface area contributed by atoms with Crippen molar-refractivity contribution in [3.05, 3.63) is 27.8 Å². The molecule has 0 saturated carbocycles. The van der Waals surface area contributed by atoms with Crippen LogP contribution in [-0.2, 0) is 0 Å². The van der Waals surface area contributed by atoms with Crippen molar-refractivity contribution in [2.75, 3.05) is 0 Å². The minimum Gasteiger partial charge on any atom is -0.507 e. The van der Waals surface area contributed by atoms with E-state index in [-0.39, 0.29) is 23.5 Å². The van der Waals surface area contributed by atoms with Crippen molar-refractivity contribution < 1.29 is 14.3 Å². The van der Waals surface area contributed by atoms with E-state index in [9.17, 15) is 14.7 Å². The van der Waals surface area contributed by atoms with Gasteiger partial charge in [0.05, 0.1) is 0 Å². The normalized spacial score (nSPS) is 10.8. The Balaban J connectivity index is 2.79. The molecule has 1 heterocycles. The number of Topliss-reactive ketones (excluding diaryl/α,β-unsaturated/α-hetero) is 1. The monoisotopic (exact) mass is 238 g/mol. The van der Waals surface area contributed by atoms with Gasteiger partial charge < -0.3 is 9.52 Å². The van der Waals surface area contributed by atoms with Crippen molar-refractivity contribution >= 4 is 5.78 Å². The molecule has 1 aromatic heterocycles. The number of aromatic hydroxyl groups is 1. The van der Waals surface area contributed by atoms with Crippen LogP contribution in [-0.4, -0.2) is 10.9 Å². The average Bonchev–Trinajstić information content (AvgIpc) is 2.14. The van der Waals surface area contributed by atoms with Crippen LogP contribution in [0.4, 0.5) is 0 Å². The highest BCUT2D eigenvalue weighted by Gasteiger charge is 2.17. The van der Waals surface area contributed by atoms with E-state index in [4.69, 9.17) is 4.42 Å². The first-order valence-electron chi connectivity index (χ1n) is 5.78. The van der Waals surface area contributed by atoms with Gasteiger partial charge in [-0.05, 0) is 19.3 Å². The van der Waals surface area contributed by atoms with Gasteiger partial charge in [0, 0.05) is 12.5 Å². The first-order valence-corrected chi connectivity index (χ1v) is 5.78. The summed E-state index contributed by atoms with van der Waals surface area (Å²) >= 11 is 0. The molecular formula is C13H18O4. The predicted octanol–water partition coefficient (Wildman–Crippen LogP) is 2.66. The van der Waals surface area contributed by atoms with E-state index in [0.29, 0.717) is 18.1 Å². The lowest BCUT2D eigenvalue weighted by molar-refractivity contribution is 0.0971. The number of hydrogen-bond donors (Lipinski definition) is 1. The third-order valence-corrected chi connectivity index (χ3v) is 2.52. The van der Waals surface area contributed by atoms with Gasteiger partial charge in [-0.3, -0.25) is 4.79 Å². The Kier molecular flexibility index (Phi) is 4.49. The molecule has 4 nitrogen and oxygen atoms in total. The molecular weight excluding hydrogens is 220 g/mol. The summed E-state index contributed by atoms with van der Waals surface area (Å²) in [6.45, 7) is 5.69. The summed E-state index contributed by atoms with van der Waals surface area (Å²) in [5.41, 5.74) is -0.976. The summed E-state index contributed by atoms with van der Waals surface area (Å²) < 4.78 is 4.80. The molecule has 0 aliphatic carbocycles. The van der Waals surface area contributed by atoms with Crippen molar-refractivity contribution in [1.29, 1.82) is 0 Å². The summed E-state index contributed by atoms with van der Waals surface area (Å²) in [6, 6.07) is 1.29. The molecule has 4 heteroatoms. The minimum atomic E-state index is -0.753. The quantitative estimate of drug-likeness (QED) is 0.801. The minimum absolute atomic E-state index is 0.223. The first kappa shape index (κ1) is 13.5. The van der Waals surface area contributed by atoms with Gasteiger partial charge in [0.2, 0.25) is 0 Å². The number of carbonyl (C=O) groups excluding carboxylic acids is 1. The second-order valence-electron chi connectivity index (χ2n) is 4.61. The Morgan fingerprint density at radius 1 is 1.47 bits per heavy atom. The maximum Gasteiger partial charge on any atom is 0.350 e. The zero-order valence-corrected chi connectivity index (χ0v) is 10.4. The largest absolute Gasteiger partial charge is 0.507 e. The van der Waals surface area contributed by atoms with Gasteiger partial charge in [-0.15, -0.1) is 0 Å². The maximum atomic E-state index is 11.8. The molecule has 0 unspecified atom stereocenters. The van der Waals surface area contributed by atoms with Crippen molar-refractivity contribution in [2.45, 2.75) is 40.0 Å². The lowest BCUT2D eigenvalue weighted by Crippen LogP contribution is -2.14. The number of carbonyl (C=O) groups is 1. The fraction of sp³-hybridized carbons (Fsp3) is 0.538. The molecule has 0 aliphatic heterocycles. The van der Waals surface area contributed by atoms with E-state index in [1.165, 1.54) is 6.07 Å². The van der Waals surface area contributed by atoms with Crippen LogP contribution in [0.25, 0.3) is 0 Å². The second kappa shape index (κ2) is 5.66. The SMILES string of the molecule is Cc1cc(O)c(C(=O)CCCC(C)C)c(=O)o1. The third kappa shape index (κ3) is 3.73. The maximum absolute atomic E-state index is 11.8. The van der Waals surface area contributed by atoms with Crippen LogP contribution in [0.3, 0.4) is 0 Å². The standard InChI is InChI=1S/C13H18O4/c1-8(2)5-4-6-10(14)12-11(15)7-9(3)17-13(12)16/h7-8,15H,4-6H2,1-3H3. The van der Waals surface area contributed by atoms with Gasteiger partial charge in [0.1, 0.15) is 17.1 Å². The zero-order valence-electron chi connectivity index (χ0n) is 10.4. The molecule has 0 atom stereocenters. The number of aryl methyl sites for hydroxylation is 1. The smallest absolute Gasteiger partial charge is 0.350 e. The van der Waals surface area contributed by atoms with Gasteiger partial charge in [-0.2, -0.15) is 0 Å². The van der Waals surface area contributed by atoms with Crippen LogP contribution >= 0.6 is 0 Å². The van der Waals surface area contributed by atoms with E-state index in [0.717, 1.165) is 6.42 Å². The summed E-state index contributed by atoms with van der Waals surface area (Å²) in [7, 11) is 0. The number of rotatable bonds is 5. The Bertz CT molecular complexity index is 457. The van der Waals surface area contributed by atoms with Gasteiger partial charge in [-0.1, -0.05) is 20.3 Å². The molecule has 0 saturated heterocycles. The average molecular weight is 238 g/mol. The first-order chi connectivity index (χ1) is 7.91. The zero-order chi connectivity index (χ0) is 13.0. The highest BCUT2D eigenvalue weighted by molar-refractivity contribution is 5.97. The van der Waals surface area contributed by atoms with Crippen LogP contribution in [0.1, 0.15) is 49.2 Å². The topological polar surface area (TPSA) is 67.5 Å². The predicted molar refractivity (Wildman–Crippen MR) is 64.4 cm³/mol. The summed E-state index contributed by atoms with van der Waals surface area (Å²) in [6.07, 6.45) is 1.90. The molecule has 1 N–H and O–H groups in total. The van der Waals surface area contributed by atoms with Crippen molar-refractivity contribution in [3.63, 3.8) is 0 Å². The van der Waals surface area contributed by atoms with Gasteiger partial charge in [0.15, 0.2) is 5.78 Å². The molecule has 0 bridgehead atoms. The Morgan fingerprint density at radius 2 is 2.12 bits per heavy atom.